The van der Waals surface area contributed by atoms with Gasteiger partial charge in [0.05, 0.1) is 39.1 Å². The summed E-state index contributed by atoms with van der Waals surface area (Å²) in [5, 5.41) is 17.8. The molecule has 0 bridgehead atoms. The van der Waals surface area contributed by atoms with E-state index in [0.717, 1.165) is 19.3 Å². The molecule has 4 N–H and O–H groups in total. The van der Waals surface area contributed by atoms with E-state index in [0.29, 0.717) is 26.4 Å². The predicted octanol–water partition coefficient (Wildman–Crippen LogP) is -0.262. The molecule has 0 fully saturated rings. The van der Waals surface area contributed by atoms with Crippen LogP contribution in [-0.2, 0) is 9.47 Å². The number of aliphatic hydroxyl groups excluding tert-OH is 2. The molecule has 0 saturated heterocycles. The van der Waals surface area contributed by atoms with E-state index >= 15 is 0 Å². The average Bonchev–Trinajstić information content (AvgIpc) is 2.20. The van der Waals surface area contributed by atoms with Gasteiger partial charge in [0.1, 0.15) is 0 Å². The van der Waals surface area contributed by atoms with Crippen molar-refractivity contribution in [3.8, 4) is 0 Å². The molecule has 0 radical (unpaired) electrons. The van der Waals surface area contributed by atoms with Crippen molar-refractivity contribution in [2.75, 3.05) is 33.0 Å². The normalized spacial score (nSPS) is 12.2. The van der Waals surface area contributed by atoms with Gasteiger partial charge in [-0.15, -0.1) is 0 Å². The monoisotopic (exact) mass is 224 g/mol. The highest BCUT2D eigenvalue weighted by Gasteiger charge is 2.02. The molecular formula is C10H24O5. The lowest BCUT2D eigenvalue weighted by molar-refractivity contribution is -0.00454. The van der Waals surface area contributed by atoms with E-state index < -0.39 is 0 Å². The minimum atomic E-state index is -0.354. The smallest absolute Gasteiger partial charge is 0.0773 e. The zero-order valence-electron chi connectivity index (χ0n) is 9.45. The predicted molar refractivity (Wildman–Crippen MR) is 57.9 cm³/mol. The second-order valence-corrected chi connectivity index (χ2v) is 3.21. The maximum atomic E-state index is 9.38. The van der Waals surface area contributed by atoms with Gasteiger partial charge in [0.25, 0.3) is 0 Å². The third-order valence-electron chi connectivity index (χ3n) is 1.81. The van der Waals surface area contributed by atoms with Crippen LogP contribution < -0.4 is 0 Å². The first-order chi connectivity index (χ1) is 6.81. The molecule has 0 heterocycles. The van der Waals surface area contributed by atoms with E-state index in [2.05, 4.69) is 6.92 Å². The Morgan fingerprint density at radius 1 is 1.13 bits per heavy atom. The van der Waals surface area contributed by atoms with Gasteiger partial charge in [-0.05, 0) is 6.42 Å². The van der Waals surface area contributed by atoms with Crippen LogP contribution in [0.3, 0.4) is 0 Å². The summed E-state index contributed by atoms with van der Waals surface area (Å²) in [6, 6.07) is 0. The van der Waals surface area contributed by atoms with Crippen molar-refractivity contribution in [1.82, 2.24) is 0 Å². The van der Waals surface area contributed by atoms with E-state index in [1.165, 1.54) is 0 Å². The number of hydrogen-bond acceptors (Lipinski definition) is 4. The highest BCUT2D eigenvalue weighted by Crippen LogP contribution is 2.00. The topological polar surface area (TPSA) is 90.4 Å². The number of hydrogen-bond donors (Lipinski definition) is 2. The van der Waals surface area contributed by atoms with Crippen molar-refractivity contribution in [3.05, 3.63) is 0 Å². The molecule has 0 amide bonds. The molecule has 0 aromatic heterocycles. The lowest BCUT2D eigenvalue weighted by atomic mass is 10.2. The second-order valence-electron chi connectivity index (χ2n) is 3.21. The minimum Gasteiger partial charge on any atom is -0.412 e. The molecular weight excluding hydrogens is 200 g/mol. The molecule has 5 nitrogen and oxygen atoms in total. The quantitative estimate of drug-likeness (QED) is 0.500. The standard InChI is InChI=1S/C10H22O4.H2O/c1-2-3-4-10(12)9-14-8-7-13-6-5-11;/h10-12H,2-9H2,1H3;1H2. The van der Waals surface area contributed by atoms with Gasteiger partial charge in [0.2, 0.25) is 0 Å². The van der Waals surface area contributed by atoms with Crippen LogP contribution in [0, 0.1) is 0 Å². The van der Waals surface area contributed by atoms with E-state index in [9.17, 15) is 5.11 Å². The zero-order valence-corrected chi connectivity index (χ0v) is 9.45. The molecule has 1 unspecified atom stereocenters. The van der Waals surface area contributed by atoms with Gasteiger partial charge >= 0.3 is 0 Å². The first-order valence-corrected chi connectivity index (χ1v) is 5.25. The van der Waals surface area contributed by atoms with E-state index in [1.54, 1.807) is 0 Å². The molecule has 0 spiro atoms. The van der Waals surface area contributed by atoms with E-state index in [1.807, 2.05) is 0 Å². The van der Waals surface area contributed by atoms with Gasteiger partial charge in [0, 0.05) is 0 Å². The lowest BCUT2D eigenvalue weighted by Crippen LogP contribution is -2.17. The molecule has 0 aliphatic heterocycles. The Bertz CT molecular complexity index is 110. The molecule has 0 aromatic rings. The largest absolute Gasteiger partial charge is 0.412 e. The Kier molecular flexibility index (Phi) is 15.8. The summed E-state index contributed by atoms with van der Waals surface area (Å²) in [6.45, 7) is 3.81. The van der Waals surface area contributed by atoms with Gasteiger partial charge in [-0.2, -0.15) is 0 Å². The summed E-state index contributed by atoms with van der Waals surface area (Å²) in [4.78, 5) is 0. The van der Waals surface area contributed by atoms with Crippen LogP contribution in [0.15, 0.2) is 0 Å². The lowest BCUT2D eigenvalue weighted by Gasteiger charge is -2.10. The summed E-state index contributed by atoms with van der Waals surface area (Å²) >= 11 is 0. The van der Waals surface area contributed by atoms with Crippen LogP contribution >= 0.6 is 0 Å². The molecule has 1 atom stereocenters. The van der Waals surface area contributed by atoms with Crippen LogP contribution in [0.5, 0.6) is 0 Å². The number of ether oxygens (including phenoxy) is 2. The molecule has 15 heavy (non-hydrogen) atoms. The van der Waals surface area contributed by atoms with Crippen LogP contribution in [0.1, 0.15) is 26.2 Å². The van der Waals surface area contributed by atoms with E-state index in [-0.39, 0.29) is 18.2 Å². The summed E-state index contributed by atoms with van der Waals surface area (Å²) in [7, 11) is 0. The average molecular weight is 224 g/mol. The molecule has 0 rings (SSSR count). The number of rotatable bonds is 10. The molecule has 94 valence electrons. The highest BCUT2D eigenvalue weighted by molar-refractivity contribution is 4.52. The maximum Gasteiger partial charge on any atom is 0.0773 e. The summed E-state index contributed by atoms with van der Waals surface area (Å²) in [6.07, 6.45) is 2.57. The second kappa shape index (κ2) is 13.8. The Hall–Kier alpha value is -0.200. The zero-order chi connectivity index (χ0) is 10.6. The fourth-order valence-electron chi connectivity index (χ4n) is 1.03. The minimum absolute atomic E-state index is 0. The van der Waals surface area contributed by atoms with Crippen molar-refractivity contribution in [2.24, 2.45) is 0 Å². The maximum absolute atomic E-state index is 9.38. The van der Waals surface area contributed by atoms with Crippen molar-refractivity contribution in [2.45, 2.75) is 32.3 Å². The van der Waals surface area contributed by atoms with Crippen molar-refractivity contribution in [3.63, 3.8) is 0 Å². The van der Waals surface area contributed by atoms with Crippen molar-refractivity contribution < 1.29 is 25.2 Å². The summed E-state index contributed by atoms with van der Waals surface area (Å²) in [5.74, 6) is 0. The van der Waals surface area contributed by atoms with E-state index in [4.69, 9.17) is 14.6 Å². The number of aliphatic hydroxyl groups is 2. The molecule has 0 aliphatic rings. The Balaban J connectivity index is 0. The first kappa shape index (κ1) is 17.2. The molecule has 0 aromatic carbocycles. The van der Waals surface area contributed by atoms with Gasteiger partial charge < -0.3 is 25.2 Å². The third kappa shape index (κ3) is 13.8. The number of unbranched alkanes of at least 4 members (excludes halogenated alkanes) is 1. The van der Waals surface area contributed by atoms with Crippen LogP contribution in [0.4, 0.5) is 0 Å². The fourth-order valence-corrected chi connectivity index (χ4v) is 1.03. The molecule has 0 aliphatic carbocycles. The van der Waals surface area contributed by atoms with Gasteiger partial charge in [0.15, 0.2) is 0 Å². The van der Waals surface area contributed by atoms with Crippen molar-refractivity contribution >= 4 is 0 Å². The summed E-state index contributed by atoms with van der Waals surface area (Å²) < 4.78 is 10.2. The van der Waals surface area contributed by atoms with Crippen LogP contribution in [-0.4, -0.2) is 54.8 Å². The fraction of sp³-hybridized carbons (Fsp3) is 1.00. The van der Waals surface area contributed by atoms with Crippen LogP contribution in [0.2, 0.25) is 0 Å². The Labute approximate surface area is 91.3 Å². The first-order valence-electron chi connectivity index (χ1n) is 5.25. The SMILES string of the molecule is CCCCC(O)COCCOCCO.O. The Morgan fingerprint density at radius 2 is 1.80 bits per heavy atom. The van der Waals surface area contributed by atoms with Crippen molar-refractivity contribution in [1.29, 1.82) is 0 Å². The summed E-state index contributed by atoms with van der Waals surface area (Å²) in [5.41, 5.74) is 0. The Morgan fingerprint density at radius 3 is 2.40 bits per heavy atom. The highest BCUT2D eigenvalue weighted by atomic mass is 16.5. The van der Waals surface area contributed by atoms with Gasteiger partial charge in [-0.1, -0.05) is 19.8 Å². The molecule has 5 heteroatoms. The van der Waals surface area contributed by atoms with Gasteiger partial charge in [-0.3, -0.25) is 0 Å². The third-order valence-corrected chi connectivity index (χ3v) is 1.81. The van der Waals surface area contributed by atoms with Crippen LogP contribution in [0.25, 0.3) is 0 Å². The molecule has 0 saturated carbocycles. The van der Waals surface area contributed by atoms with Gasteiger partial charge in [-0.25, -0.2) is 0 Å².